The molecule has 1 aliphatic rings. The molecule has 1 amide bonds. The van der Waals surface area contributed by atoms with Crippen LogP contribution < -0.4 is 5.32 Å². The number of hydrogen-bond donors (Lipinski definition) is 2. The first kappa shape index (κ1) is 21.7. The molecule has 0 bridgehead atoms. The maximum absolute atomic E-state index is 13.5. The van der Waals surface area contributed by atoms with Gasteiger partial charge in [0.25, 0.3) is 0 Å². The molecule has 1 saturated carbocycles. The number of hydrogen-bond acceptors (Lipinski definition) is 4. The second-order valence-corrected chi connectivity index (χ2v) is 9.99. The number of aryl methyl sites for hydroxylation is 1. The Balaban J connectivity index is 1.36. The largest absolute Gasteiger partial charge is 0.360 e. The van der Waals surface area contributed by atoms with E-state index < -0.39 is 5.25 Å². The lowest BCUT2D eigenvalue weighted by molar-refractivity contribution is -0.115. The molecule has 5 aromatic rings. The number of para-hydroxylation sites is 1. The van der Waals surface area contributed by atoms with Gasteiger partial charge in [0, 0.05) is 34.4 Å². The van der Waals surface area contributed by atoms with Crippen LogP contribution in [0.15, 0.2) is 90.2 Å². The third-order valence-corrected chi connectivity index (χ3v) is 7.50. The topological polar surface area (TPSA) is 75.6 Å². The first-order chi connectivity index (χ1) is 17.2. The smallest absolute Gasteiger partial charge is 0.242 e. The number of aromatic amines is 1. The Morgan fingerprint density at radius 1 is 1.00 bits per heavy atom. The lowest BCUT2D eigenvalue weighted by atomic mass is 10.1. The van der Waals surface area contributed by atoms with Gasteiger partial charge in [-0.25, -0.2) is 0 Å². The second kappa shape index (κ2) is 9.07. The zero-order valence-corrected chi connectivity index (χ0v) is 20.1. The average molecular weight is 480 g/mol. The van der Waals surface area contributed by atoms with Crippen molar-refractivity contribution < 1.29 is 4.79 Å². The predicted molar refractivity (Wildman–Crippen MR) is 140 cm³/mol. The van der Waals surface area contributed by atoms with Gasteiger partial charge >= 0.3 is 0 Å². The third kappa shape index (κ3) is 4.35. The number of carbonyl (C=O) groups excluding carboxylic acids is 1. The number of aromatic nitrogens is 4. The first-order valence-electron chi connectivity index (χ1n) is 11.8. The zero-order chi connectivity index (χ0) is 23.8. The molecule has 6 rings (SSSR count). The summed E-state index contributed by atoms with van der Waals surface area (Å²) < 4.78 is 2.22. The molecule has 1 fully saturated rings. The molecule has 0 radical (unpaired) electrons. The number of nitrogens with zero attached hydrogens (tertiary/aromatic N) is 3. The normalized spacial score (nSPS) is 14.2. The highest BCUT2D eigenvalue weighted by atomic mass is 32.2. The maximum atomic E-state index is 13.5. The van der Waals surface area contributed by atoms with Gasteiger partial charge in [0.15, 0.2) is 11.0 Å². The van der Waals surface area contributed by atoms with Crippen molar-refractivity contribution >= 4 is 34.3 Å². The summed E-state index contributed by atoms with van der Waals surface area (Å²) in [4.78, 5) is 16.9. The Bertz CT molecular complexity index is 1490. The van der Waals surface area contributed by atoms with Crippen LogP contribution in [-0.4, -0.2) is 25.7 Å². The average Bonchev–Trinajstić information content (AvgIpc) is 3.50. The van der Waals surface area contributed by atoms with E-state index in [2.05, 4.69) is 37.2 Å². The molecule has 1 aliphatic carbocycles. The molecule has 0 saturated heterocycles. The number of anilines is 1. The molecule has 2 heterocycles. The van der Waals surface area contributed by atoms with Crippen LogP contribution in [0.1, 0.15) is 35.3 Å². The number of thioether (sulfide) groups is 1. The van der Waals surface area contributed by atoms with Crippen molar-refractivity contribution in [2.24, 2.45) is 0 Å². The van der Waals surface area contributed by atoms with Gasteiger partial charge in [-0.15, -0.1) is 10.2 Å². The molecule has 35 heavy (non-hydrogen) atoms. The number of fused-ring (bicyclic) bond motifs is 1. The number of amides is 1. The Morgan fingerprint density at radius 3 is 2.51 bits per heavy atom. The Hall–Kier alpha value is -3.84. The summed E-state index contributed by atoms with van der Waals surface area (Å²) in [5, 5.41) is 13.7. The lowest BCUT2D eigenvalue weighted by Crippen LogP contribution is -2.19. The van der Waals surface area contributed by atoms with E-state index in [1.54, 1.807) is 0 Å². The van der Waals surface area contributed by atoms with Crippen LogP contribution in [0.3, 0.4) is 0 Å². The second-order valence-electron chi connectivity index (χ2n) is 8.92. The third-order valence-electron chi connectivity index (χ3n) is 6.29. The number of benzene rings is 3. The monoisotopic (exact) mass is 479 g/mol. The molecule has 2 N–H and O–H groups in total. The van der Waals surface area contributed by atoms with E-state index >= 15 is 0 Å². The van der Waals surface area contributed by atoms with Gasteiger partial charge in [0.2, 0.25) is 5.91 Å². The number of nitrogens with one attached hydrogen (secondary N) is 2. The lowest BCUT2D eigenvalue weighted by Gasteiger charge is -2.17. The summed E-state index contributed by atoms with van der Waals surface area (Å²) in [5.74, 6) is 0.766. The van der Waals surface area contributed by atoms with Crippen LogP contribution >= 0.6 is 11.8 Å². The fraction of sp³-hybridized carbons (Fsp3) is 0.179. The molecule has 2 aromatic heterocycles. The Labute approximate surface area is 207 Å². The minimum atomic E-state index is -0.463. The van der Waals surface area contributed by atoms with Gasteiger partial charge in [0.05, 0.1) is 0 Å². The number of carbonyl (C=O) groups is 1. The summed E-state index contributed by atoms with van der Waals surface area (Å²) >= 11 is 1.46. The SMILES string of the molecule is Cc1ccc(NC(=O)C(Sc2nnc(-c3c[nH]c4ccccc34)n2C2CC2)c2ccccc2)cc1. The highest BCUT2D eigenvalue weighted by molar-refractivity contribution is 8.00. The minimum absolute atomic E-state index is 0.0796. The quantitative estimate of drug-likeness (QED) is 0.260. The molecule has 6 nitrogen and oxygen atoms in total. The van der Waals surface area contributed by atoms with E-state index in [0.29, 0.717) is 6.04 Å². The van der Waals surface area contributed by atoms with Gasteiger partial charge in [-0.3, -0.25) is 9.36 Å². The van der Waals surface area contributed by atoms with Crippen LogP contribution in [0.4, 0.5) is 5.69 Å². The molecular formula is C28H25N5OS. The molecule has 1 unspecified atom stereocenters. The first-order valence-corrected chi connectivity index (χ1v) is 12.7. The Kier molecular flexibility index (Phi) is 5.62. The van der Waals surface area contributed by atoms with Crippen molar-refractivity contribution in [3.8, 4) is 11.4 Å². The molecule has 174 valence electrons. The summed E-state index contributed by atoms with van der Waals surface area (Å²) in [5.41, 5.74) is 4.97. The van der Waals surface area contributed by atoms with E-state index in [4.69, 9.17) is 0 Å². The Morgan fingerprint density at radius 2 is 1.74 bits per heavy atom. The van der Waals surface area contributed by atoms with E-state index in [0.717, 1.165) is 57.1 Å². The molecule has 0 aliphatic heterocycles. The van der Waals surface area contributed by atoms with Crippen LogP contribution in [0.2, 0.25) is 0 Å². The van der Waals surface area contributed by atoms with Gasteiger partial charge < -0.3 is 10.3 Å². The summed E-state index contributed by atoms with van der Waals surface area (Å²) in [7, 11) is 0. The predicted octanol–water partition coefficient (Wildman–Crippen LogP) is 6.54. The van der Waals surface area contributed by atoms with E-state index in [1.165, 1.54) is 11.8 Å². The van der Waals surface area contributed by atoms with E-state index in [-0.39, 0.29) is 5.91 Å². The van der Waals surface area contributed by atoms with Crippen LogP contribution in [0.5, 0.6) is 0 Å². The van der Waals surface area contributed by atoms with Gasteiger partial charge in [-0.05, 0) is 43.5 Å². The zero-order valence-electron chi connectivity index (χ0n) is 19.3. The van der Waals surface area contributed by atoms with Crippen molar-refractivity contribution in [1.29, 1.82) is 0 Å². The van der Waals surface area contributed by atoms with Gasteiger partial charge in [-0.1, -0.05) is 78.0 Å². The van der Waals surface area contributed by atoms with Crippen molar-refractivity contribution in [2.75, 3.05) is 5.32 Å². The van der Waals surface area contributed by atoms with Crippen molar-refractivity contribution in [3.05, 3.63) is 96.2 Å². The van der Waals surface area contributed by atoms with Crippen molar-refractivity contribution in [3.63, 3.8) is 0 Å². The van der Waals surface area contributed by atoms with Crippen LogP contribution in [0.25, 0.3) is 22.3 Å². The van der Waals surface area contributed by atoms with E-state index in [9.17, 15) is 4.79 Å². The van der Waals surface area contributed by atoms with E-state index in [1.807, 2.05) is 79.9 Å². The maximum Gasteiger partial charge on any atom is 0.242 e. The molecule has 1 atom stereocenters. The number of rotatable bonds is 7. The standard InChI is InChI=1S/C28H25N5OS/c1-18-11-13-20(14-12-18)30-27(34)25(19-7-3-2-4-8-19)35-28-32-31-26(33(28)21-15-16-21)23-17-29-24-10-6-5-9-22(23)24/h2-14,17,21,25,29H,15-16H2,1H3,(H,30,34). The molecule has 0 spiro atoms. The number of H-pyrrole nitrogens is 1. The van der Waals surface area contributed by atoms with Crippen LogP contribution in [-0.2, 0) is 4.79 Å². The fourth-order valence-electron chi connectivity index (χ4n) is 4.31. The van der Waals surface area contributed by atoms with Gasteiger partial charge in [-0.2, -0.15) is 0 Å². The molecule has 3 aromatic carbocycles. The summed E-state index contributed by atoms with van der Waals surface area (Å²) in [6, 6.07) is 26.3. The molecule has 7 heteroatoms. The van der Waals surface area contributed by atoms with Crippen LogP contribution in [0, 0.1) is 6.92 Å². The summed E-state index contributed by atoms with van der Waals surface area (Å²) in [6.45, 7) is 2.03. The highest BCUT2D eigenvalue weighted by Gasteiger charge is 2.33. The van der Waals surface area contributed by atoms with Gasteiger partial charge in [0.1, 0.15) is 5.25 Å². The highest BCUT2D eigenvalue weighted by Crippen LogP contribution is 2.45. The fourth-order valence-corrected chi connectivity index (χ4v) is 5.42. The van der Waals surface area contributed by atoms with Crippen molar-refractivity contribution in [1.82, 2.24) is 19.7 Å². The molecular weight excluding hydrogens is 454 g/mol. The minimum Gasteiger partial charge on any atom is -0.360 e. The van der Waals surface area contributed by atoms with Crippen molar-refractivity contribution in [2.45, 2.75) is 36.2 Å². The summed E-state index contributed by atoms with van der Waals surface area (Å²) in [6.07, 6.45) is 4.18.